The van der Waals surface area contributed by atoms with Crippen LogP contribution in [0.15, 0.2) is 102 Å². The summed E-state index contributed by atoms with van der Waals surface area (Å²) in [5.41, 5.74) is 19.3. The van der Waals surface area contributed by atoms with Gasteiger partial charge in [0, 0.05) is 43.3 Å². The van der Waals surface area contributed by atoms with Crippen LogP contribution in [-0.4, -0.2) is 6.71 Å². The molecule has 0 N–H and O–H groups in total. The lowest BCUT2D eigenvalue weighted by Crippen LogP contribution is -2.56. The molecule has 0 bridgehead atoms. The predicted molar refractivity (Wildman–Crippen MR) is 230 cm³/mol. The van der Waals surface area contributed by atoms with E-state index in [1.807, 2.05) is 0 Å². The van der Waals surface area contributed by atoms with Crippen LogP contribution in [-0.2, 0) is 21.7 Å². The number of hydrogen-bond acceptors (Lipinski definition) is 3. The summed E-state index contributed by atoms with van der Waals surface area (Å²) in [4.78, 5) is 5.37. The maximum atomic E-state index is 2.70. The van der Waals surface area contributed by atoms with E-state index in [1.54, 1.807) is 16.7 Å². The van der Waals surface area contributed by atoms with Gasteiger partial charge >= 0.3 is 0 Å². The highest BCUT2D eigenvalue weighted by Crippen LogP contribution is 2.55. The van der Waals surface area contributed by atoms with Crippen LogP contribution in [0, 0.1) is 6.92 Å². The van der Waals surface area contributed by atoms with Gasteiger partial charge in [0.1, 0.15) is 0 Å². The number of para-hydroxylation sites is 2. The second-order valence-corrected chi connectivity index (χ2v) is 20.5. The van der Waals surface area contributed by atoms with Crippen molar-refractivity contribution in [1.82, 2.24) is 0 Å². The maximum absolute atomic E-state index is 2.70. The van der Waals surface area contributed by atoms with Crippen molar-refractivity contribution in [1.29, 1.82) is 0 Å². The molecule has 0 amide bonds. The molecule has 2 nitrogen and oxygen atoms in total. The zero-order chi connectivity index (χ0) is 36.8. The molecule has 3 heterocycles. The third-order valence-electron chi connectivity index (χ3n) is 14.2. The smallest absolute Gasteiger partial charge is 0.264 e. The number of thiophene rings is 1. The number of hydrogen-bond donors (Lipinski definition) is 0. The highest BCUT2D eigenvalue weighted by Gasteiger charge is 2.50. The quantitative estimate of drug-likeness (QED) is 0.168. The Morgan fingerprint density at radius 1 is 0.623 bits per heavy atom. The van der Waals surface area contributed by atoms with Crippen LogP contribution in [0.2, 0.25) is 0 Å². The first-order chi connectivity index (χ1) is 25.2. The number of allylic oxidation sites excluding steroid dienone is 3. The largest absolute Gasteiger partial charge is 0.315 e. The van der Waals surface area contributed by atoms with E-state index in [2.05, 4.69) is 168 Å². The third kappa shape index (κ3) is 4.70. The molecule has 0 radical (unpaired) electrons. The third-order valence-corrected chi connectivity index (χ3v) is 15.4. The number of nitrogens with zero attached hydrogens (tertiary/aromatic N) is 2. The summed E-state index contributed by atoms with van der Waals surface area (Å²) < 4.78 is 2.94. The molecule has 0 atom stereocenters. The fourth-order valence-corrected chi connectivity index (χ4v) is 12.1. The van der Waals surface area contributed by atoms with Gasteiger partial charge in [-0.1, -0.05) is 104 Å². The van der Waals surface area contributed by atoms with Gasteiger partial charge in [-0.25, -0.2) is 0 Å². The van der Waals surface area contributed by atoms with Gasteiger partial charge in [0.05, 0.1) is 5.69 Å². The van der Waals surface area contributed by atoms with E-state index in [-0.39, 0.29) is 28.4 Å². The van der Waals surface area contributed by atoms with Gasteiger partial charge < -0.3 is 9.80 Å². The summed E-state index contributed by atoms with van der Waals surface area (Å²) in [7, 11) is 0. The van der Waals surface area contributed by atoms with Crippen molar-refractivity contribution in [3.8, 4) is 0 Å². The highest BCUT2D eigenvalue weighted by molar-refractivity contribution is 7.32. The molecule has 0 saturated heterocycles. The second kappa shape index (κ2) is 11.0. The van der Waals surface area contributed by atoms with Crippen molar-refractivity contribution in [2.45, 2.75) is 122 Å². The van der Waals surface area contributed by atoms with E-state index in [0.29, 0.717) is 0 Å². The monoisotopic (exact) mass is 712 g/mol. The average Bonchev–Trinajstić information content (AvgIpc) is 3.50. The molecule has 4 heteroatoms. The Labute approximate surface area is 321 Å². The van der Waals surface area contributed by atoms with Crippen molar-refractivity contribution in [3.05, 3.63) is 130 Å². The molecule has 268 valence electrons. The molecule has 5 aromatic rings. The lowest BCUT2D eigenvalue weighted by Gasteiger charge is -2.49. The van der Waals surface area contributed by atoms with Gasteiger partial charge in [-0.3, -0.25) is 0 Å². The minimum Gasteiger partial charge on any atom is -0.315 e. The Hall–Kier alpha value is -4.02. The van der Waals surface area contributed by atoms with Crippen molar-refractivity contribution < 1.29 is 0 Å². The van der Waals surface area contributed by atoms with Crippen molar-refractivity contribution in [2.75, 3.05) is 9.80 Å². The first-order valence-corrected chi connectivity index (χ1v) is 20.9. The fraction of sp³-hybridized carbons (Fsp3) is 0.388. The van der Waals surface area contributed by atoms with Gasteiger partial charge in [-0.05, 0) is 142 Å². The SMILES string of the molecule is Cc1ccccc1N1C2=C3B(c4cc5c(cc41)C(C)(C)CCC5(C)C)c1sc4cc5c(cc4c1N(c1ccccc1)C3=CCC2)C(C)(C)CCC5(C)C. The van der Waals surface area contributed by atoms with Crippen molar-refractivity contribution in [3.63, 3.8) is 0 Å². The Bertz CT molecular complexity index is 2440. The summed E-state index contributed by atoms with van der Waals surface area (Å²) in [5, 5.41) is 1.42. The van der Waals surface area contributed by atoms with E-state index in [9.17, 15) is 0 Å². The lowest BCUT2D eigenvalue weighted by molar-refractivity contribution is 0.332. The molecule has 0 unspecified atom stereocenters. The first-order valence-electron chi connectivity index (χ1n) is 20.1. The van der Waals surface area contributed by atoms with Crippen LogP contribution in [0.3, 0.4) is 0 Å². The number of fused-ring (bicyclic) bond motifs is 8. The Morgan fingerprint density at radius 3 is 1.87 bits per heavy atom. The number of benzene rings is 4. The Balaban J connectivity index is 1.35. The molecule has 0 saturated carbocycles. The fourth-order valence-electron chi connectivity index (χ4n) is 10.8. The lowest BCUT2D eigenvalue weighted by atomic mass is 9.34. The molecule has 0 fully saturated rings. The van der Waals surface area contributed by atoms with Crippen LogP contribution in [0.1, 0.15) is 122 Å². The van der Waals surface area contributed by atoms with E-state index >= 15 is 0 Å². The van der Waals surface area contributed by atoms with Gasteiger partial charge in [-0.15, -0.1) is 11.3 Å². The summed E-state index contributed by atoms with van der Waals surface area (Å²) >= 11 is 2.08. The van der Waals surface area contributed by atoms with Crippen molar-refractivity contribution >= 4 is 61.1 Å². The van der Waals surface area contributed by atoms with Gasteiger partial charge in [0.2, 0.25) is 0 Å². The molecule has 2 aliphatic heterocycles. The molecular weight excluding hydrogens is 659 g/mol. The molecule has 0 spiro atoms. The minimum atomic E-state index is 0.122. The van der Waals surface area contributed by atoms with E-state index in [0.717, 1.165) is 12.8 Å². The Morgan fingerprint density at radius 2 is 1.21 bits per heavy atom. The standard InChI is InChI=1S/C49H53BN2S/c1-30-16-13-14-19-38(30)52-40-21-15-20-39-43(40)50(37-27-34-35(28-41(37)52)48(6,7)24-23-47(34,4)5)45-44(51(39)31-17-11-10-12-18-31)32-26-33-36(29-42(32)53-45)49(8,9)25-22-46(33,2)3/h10-14,16-20,26-29H,15,21-25H2,1-9H3. The van der Waals surface area contributed by atoms with E-state index in [4.69, 9.17) is 0 Å². The van der Waals surface area contributed by atoms with Gasteiger partial charge in [0.15, 0.2) is 0 Å². The number of aryl methyl sites for hydroxylation is 1. The molecular formula is C49H53BN2S. The topological polar surface area (TPSA) is 6.48 Å². The molecule has 5 aliphatic rings. The van der Waals surface area contributed by atoms with Crippen LogP contribution in [0.25, 0.3) is 10.1 Å². The zero-order valence-corrected chi connectivity index (χ0v) is 34.0. The van der Waals surface area contributed by atoms with Crippen LogP contribution in [0.4, 0.5) is 22.7 Å². The normalized spacial score (nSPS) is 21.4. The number of rotatable bonds is 2. The summed E-state index contributed by atoms with van der Waals surface area (Å²) in [6, 6.07) is 30.9. The van der Waals surface area contributed by atoms with Crippen LogP contribution in [0.5, 0.6) is 0 Å². The van der Waals surface area contributed by atoms with Gasteiger partial charge in [0.25, 0.3) is 6.71 Å². The Kier molecular flexibility index (Phi) is 6.98. The molecule has 10 rings (SSSR count). The van der Waals surface area contributed by atoms with E-state index < -0.39 is 0 Å². The van der Waals surface area contributed by atoms with Crippen LogP contribution >= 0.6 is 11.3 Å². The highest BCUT2D eigenvalue weighted by atomic mass is 32.1. The van der Waals surface area contributed by atoms with Gasteiger partial charge in [-0.2, -0.15) is 0 Å². The van der Waals surface area contributed by atoms with Crippen LogP contribution < -0.4 is 20.0 Å². The minimum absolute atomic E-state index is 0.122. The summed E-state index contributed by atoms with van der Waals surface area (Å²) in [6.07, 6.45) is 9.51. The number of anilines is 4. The maximum Gasteiger partial charge on any atom is 0.264 e. The predicted octanol–water partition coefficient (Wildman–Crippen LogP) is 12.3. The second-order valence-electron chi connectivity index (χ2n) is 19.4. The zero-order valence-electron chi connectivity index (χ0n) is 33.2. The van der Waals surface area contributed by atoms with Crippen molar-refractivity contribution in [2.24, 2.45) is 0 Å². The first kappa shape index (κ1) is 33.5. The molecule has 4 aromatic carbocycles. The summed E-state index contributed by atoms with van der Waals surface area (Å²) in [6.45, 7) is 22.3. The molecule has 53 heavy (non-hydrogen) atoms. The average molecular weight is 713 g/mol. The molecule has 1 aromatic heterocycles. The summed E-state index contributed by atoms with van der Waals surface area (Å²) in [5.74, 6) is 0. The molecule has 3 aliphatic carbocycles. The van der Waals surface area contributed by atoms with E-state index in [1.165, 1.54) is 96.8 Å².